The summed E-state index contributed by atoms with van der Waals surface area (Å²) in [4.78, 5) is 24.0. The Bertz CT molecular complexity index is 650. The van der Waals surface area contributed by atoms with Crippen LogP contribution in [0.2, 0.25) is 0 Å². The summed E-state index contributed by atoms with van der Waals surface area (Å²) in [6, 6.07) is 10.8. The number of rotatable bonds is 7. The lowest BCUT2D eigenvalue weighted by atomic mass is 10.1. The normalized spacial score (nSPS) is 10.4. The minimum atomic E-state index is -0.942. The summed E-state index contributed by atoms with van der Waals surface area (Å²) < 4.78 is 0. The monoisotopic (exact) mass is 335 g/mol. The number of carbonyl (C=O) groups excluding carboxylic acids is 1. The highest BCUT2D eigenvalue weighted by Crippen LogP contribution is 2.16. The van der Waals surface area contributed by atoms with Crippen molar-refractivity contribution in [2.75, 3.05) is 5.75 Å². The maximum atomic E-state index is 12.1. The molecule has 0 aliphatic rings. The SMILES string of the molecule is CCSCc1ccc(C(=O)NCc2ccc(C(=O)O)s2)cc1. The number of hydrogen-bond acceptors (Lipinski definition) is 4. The van der Waals surface area contributed by atoms with Gasteiger partial charge in [-0.1, -0.05) is 19.1 Å². The first kappa shape index (κ1) is 16.6. The highest BCUT2D eigenvalue weighted by molar-refractivity contribution is 7.98. The summed E-state index contributed by atoms with van der Waals surface area (Å²) in [7, 11) is 0. The zero-order valence-corrected chi connectivity index (χ0v) is 13.8. The van der Waals surface area contributed by atoms with E-state index in [-0.39, 0.29) is 10.8 Å². The van der Waals surface area contributed by atoms with E-state index in [0.717, 1.165) is 16.4 Å². The van der Waals surface area contributed by atoms with E-state index in [1.54, 1.807) is 12.1 Å². The van der Waals surface area contributed by atoms with Gasteiger partial charge in [0.05, 0.1) is 6.54 Å². The van der Waals surface area contributed by atoms with Gasteiger partial charge >= 0.3 is 5.97 Å². The van der Waals surface area contributed by atoms with Crippen LogP contribution in [0.25, 0.3) is 0 Å². The van der Waals surface area contributed by atoms with Crippen LogP contribution in [-0.4, -0.2) is 22.7 Å². The predicted octanol–water partition coefficient (Wildman–Crippen LogP) is 3.63. The number of thiophene rings is 1. The third-order valence-electron chi connectivity index (χ3n) is 2.98. The molecule has 2 rings (SSSR count). The molecule has 0 radical (unpaired) electrons. The Balaban J connectivity index is 1.89. The highest BCUT2D eigenvalue weighted by Gasteiger charge is 2.09. The summed E-state index contributed by atoms with van der Waals surface area (Å²) in [5, 5.41) is 11.7. The molecule has 2 N–H and O–H groups in total. The molecule has 0 aliphatic heterocycles. The second-order valence-corrected chi connectivity index (χ2v) is 7.03. The van der Waals surface area contributed by atoms with Gasteiger partial charge in [0, 0.05) is 16.2 Å². The molecule has 1 aromatic carbocycles. The lowest BCUT2D eigenvalue weighted by Gasteiger charge is -2.05. The van der Waals surface area contributed by atoms with Crippen LogP contribution >= 0.6 is 23.1 Å². The van der Waals surface area contributed by atoms with Crippen LogP contribution < -0.4 is 5.32 Å². The zero-order valence-electron chi connectivity index (χ0n) is 12.2. The van der Waals surface area contributed by atoms with E-state index in [0.29, 0.717) is 12.1 Å². The molecule has 116 valence electrons. The number of carboxylic acids is 1. The molecule has 0 saturated heterocycles. The summed E-state index contributed by atoms with van der Waals surface area (Å²) in [6.07, 6.45) is 0. The molecule has 0 fully saturated rings. The predicted molar refractivity (Wildman–Crippen MR) is 90.7 cm³/mol. The van der Waals surface area contributed by atoms with E-state index >= 15 is 0 Å². The van der Waals surface area contributed by atoms with Gasteiger partial charge in [-0.3, -0.25) is 4.79 Å². The number of thioether (sulfide) groups is 1. The molecule has 2 aromatic rings. The summed E-state index contributed by atoms with van der Waals surface area (Å²) in [5.41, 5.74) is 1.81. The Morgan fingerprint density at radius 1 is 1.18 bits per heavy atom. The van der Waals surface area contributed by atoms with Gasteiger partial charge in [0.1, 0.15) is 4.88 Å². The van der Waals surface area contributed by atoms with Crippen LogP contribution in [0.4, 0.5) is 0 Å². The van der Waals surface area contributed by atoms with Gasteiger partial charge < -0.3 is 10.4 Å². The van der Waals surface area contributed by atoms with Gasteiger partial charge in [0.15, 0.2) is 0 Å². The van der Waals surface area contributed by atoms with Crippen molar-refractivity contribution in [1.29, 1.82) is 0 Å². The molecule has 0 spiro atoms. The topological polar surface area (TPSA) is 66.4 Å². The number of carboxylic acid groups (broad SMARTS) is 1. The number of aromatic carboxylic acids is 1. The van der Waals surface area contributed by atoms with Crippen molar-refractivity contribution < 1.29 is 14.7 Å². The Morgan fingerprint density at radius 2 is 1.91 bits per heavy atom. The first-order chi connectivity index (χ1) is 10.6. The molecule has 0 unspecified atom stereocenters. The van der Waals surface area contributed by atoms with Gasteiger partial charge in [-0.05, 0) is 35.6 Å². The number of nitrogens with one attached hydrogen (secondary N) is 1. The van der Waals surface area contributed by atoms with Crippen molar-refractivity contribution in [3.05, 3.63) is 57.3 Å². The molecule has 0 bridgehead atoms. The van der Waals surface area contributed by atoms with Crippen LogP contribution in [0.3, 0.4) is 0 Å². The molecular formula is C16H17NO3S2. The van der Waals surface area contributed by atoms with E-state index in [2.05, 4.69) is 12.2 Å². The molecule has 0 atom stereocenters. The van der Waals surface area contributed by atoms with Crippen molar-refractivity contribution in [3.8, 4) is 0 Å². The van der Waals surface area contributed by atoms with Crippen LogP contribution in [0, 0.1) is 0 Å². The first-order valence-corrected chi connectivity index (χ1v) is 8.84. The second-order valence-electron chi connectivity index (χ2n) is 4.59. The van der Waals surface area contributed by atoms with Gasteiger partial charge in [-0.2, -0.15) is 11.8 Å². The number of carbonyl (C=O) groups is 2. The average Bonchev–Trinajstić information content (AvgIpc) is 3.00. The quantitative estimate of drug-likeness (QED) is 0.811. The van der Waals surface area contributed by atoms with Crippen molar-refractivity contribution in [3.63, 3.8) is 0 Å². The Labute approximate surface area is 137 Å². The van der Waals surface area contributed by atoms with Gasteiger partial charge in [-0.25, -0.2) is 4.79 Å². The zero-order chi connectivity index (χ0) is 15.9. The Morgan fingerprint density at radius 3 is 2.50 bits per heavy atom. The van der Waals surface area contributed by atoms with Gasteiger partial charge in [-0.15, -0.1) is 11.3 Å². The lowest BCUT2D eigenvalue weighted by Crippen LogP contribution is -2.22. The van der Waals surface area contributed by atoms with Crippen molar-refractivity contribution in [2.24, 2.45) is 0 Å². The lowest BCUT2D eigenvalue weighted by molar-refractivity contribution is 0.0702. The molecule has 1 heterocycles. The molecule has 0 saturated carbocycles. The van der Waals surface area contributed by atoms with E-state index < -0.39 is 5.97 Å². The first-order valence-electron chi connectivity index (χ1n) is 6.87. The second kappa shape index (κ2) is 8.00. The van der Waals surface area contributed by atoms with E-state index in [1.807, 2.05) is 36.0 Å². The largest absolute Gasteiger partial charge is 0.477 e. The standard InChI is InChI=1S/C16H17NO3S2/c1-2-21-10-11-3-5-12(6-4-11)15(18)17-9-13-7-8-14(22-13)16(19)20/h3-8H,2,9-10H2,1H3,(H,17,18)(H,19,20). The molecule has 0 aliphatic carbocycles. The summed E-state index contributed by atoms with van der Waals surface area (Å²) in [6.45, 7) is 2.46. The van der Waals surface area contributed by atoms with Gasteiger partial charge in [0.2, 0.25) is 0 Å². The number of hydrogen-bond donors (Lipinski definition) is 2. The fourth-order valence-corrected chi connectivity index (χ4v) is 3.25. The van der Waals surface area contributed by atoms with Crippen molar-refractivity contribution >= 4 is 35.0 Å². The fraction of sp³-hybridized carbons (Fsp3) is 0.250. The van der Waals surface area contributed by atoms with E-state index in [1.165, 1.54) is 16.9 Å². The fourth-order valence-electron chi connectivity index (χ4n) is 1.83. The minimum Gasteiger partial charge on any atom is -0.477 e. The number of benzene rings is 1. The molecular weight excluding hydrogens is 318 g/mol. The highest BCUT2D eigenvalue weighted by atomic mass is 32.2. The van der Waals surface area contributed by atoms with Gasteiger partial charge in [0.25, 0.3) is 5.91 Å². The maximum Gasteiger partial charge on any atom is 0.345 e. The molecule has 6 heteroatoms. The summed E-state index contributed by atoms with van der Waals surface area (Å²) >= 11 is 3.01. The van der Waals surface area contributed by atoms with E-state index in [4.69, 9.17) is 5.11 Å². The summed E-state index contributed by atoms with van der Waals surface area (Å²) in [5.74, 6) is 0.926. The smallest absolute Gasteiger partial charge is 0.345 e. The van der Waals surface area contributed by atoms with Crippen molar-refractivity contribution in [1.82, 2.24) is 5.32 Å². The molecule has 1 aromatic heterocycles. The van der Waals surface area contributed by atoms with Crippen molar-refractivity contribution in [2.45, 2.75) is 19.2 Å². The van der Waals surface area contributed by atoms with Crippen LogP contribution in [0.1, 0.15) is 37.4 Å². The third kappa shape index (κ3) is 4.61. The Hall–Kier alpha value is -1.79. The van der Waals surface area contributed by atoms with E-state index in [9.17, 15) is 9.59 Å². The van der Waals surface area contributed by atoms with Crippen LogP contribution in [0.15, 0.2) is 36.4 Å². The van der Waals surface area contributed by atoms with Crippen LogP contribution in [0.5, 0.6) is 0 Å². The third-order valence-corrected chi connectivity index (χ3v) is 5.00. The maximum absolute atomic E-state index is 12.1. The molecule has 4 nitrogen and oxygen atoms in total. The molecule has 22 heavy (non-hydrogen) atoms. The average molecular weight is 335 g/mol. The van der Waals surface area contributed by atoms with Crippen LogP contribution in [-0.2, 0) is 12.3 Å². The minimum absolute atomic E-state index is 0.153. The molecule has 1 amide bonds. The number of amides is 1. The Kier molecular flexibility index (Phi) is 6.03.